The van der Waals surface area contributed by atoms with Gasteiger partial charge in [-0.15, -0.1) is 0 Å². The third kappa shape index (κ3) is 3.45. The average Bonchev–Trinajstić information content (AvgIpc) is 2.17. The molecule has 0 aliphatic rings. The zero-order valence-electron chi connectivity index (χ0n) is 10.1. The Hall–Kier alpha value is -1.16. The molecule has 0 saturated heterocycles. The molecule has 0 spiro atoms. The van der Waals surface area contributed by atoms with Crippen molar-refractivity contribution in [2.45, 2.75) is 39.2 Å². The van der Waals surface area contributed by atoms with Gasteiger partial charge in [0, 0.05) is 11.7 Å². The van der Waals surface area contributed by atoms with Crippen molar-refractivity contribution in [1.82, 2.24) is 4.98 Å². The highest BCUT2D eigenvalue weighted by molar-refractivity contribution is 7.80. The van der Waals surface area contributed by atoms with Crippen molar-refractivity contribution in [2.24, 2.45) is 5.73 Å². The summed E-state index contributed by atoms with van der Waals surface area (Å²) in [5.41, 5.74) is 7.24. The molecule has 3 nitrogen and oxygen atoms in total. The van der Waals surface area contributed by atoms with E-state index in [0.717, 1.165) is 18.5 Å². The van der Waals surface area contributed by atoms with E-state index in [1.807, 2.05) is 12.1 Å². The molecule has 1 rings (SSSR count). The minimum absolute atomic E-state index is 0.0251. The number of hydrogen-bond donors (Lipinski definition) is 2. The maximum absolute atomic E-state index is 5.64. The molecule has 3 N–H and O–H groups in total. The molecular weight excluding hydrogens is 218 g/mol. The van der Waals surface area contributed by atoms with Crippen molar-refractivity contribution in [3.8, 4) is 0 Å². The van der Waals surface area contributed by atoms with Gasteiger partial charge in [-0.3, -0.25) is 4.98 Å². The van der Waals surface area contributed by atoms with E-state index in [1.165, 1.54) is 0 Å². The molecule has 4 heteroatoms. The first kappa shape index (κ1) is 12.9. The molecule has 0 amide bonds. The minimum atomic E-state index is 0.0251. The number of thiocarbonyl (C=S) groups is 1. The predicted octanol–water partition coefficient (Wildman–Crippen LogP) is 2.71. The third-order valence-electron chi connectivity index (χ3n) is 2.39. The number of nitrogens with zero attached hydrogens (tertiary/aromatic N) is 1. The smallest absolute Gasteiger partial charge is 0.124 e. The highest BCUT2D eigenvalue weighted by Gasteiger charge is 2.18. The molecule has 0 saturated carbocycles. The van der Waals surface area contributed by atoms with Crippen molar-refractivity contribution in [3.05, 3.63) is 24.0 Å². The number of aromatic nitrogens is 1. The van der Waals surface area contributed by atoms with E-state index in [4.69, 9.17) is 18.0 Å². The van der Waals surface area contributed by atoms with Gasteiger partial charge in [-0.05, 0) is 32.4 Å². The van der Waals surface area contributed by atoms with Crippen LogP contribution in [0.15, 0.2) is 18.3 Å². The Morgan fingerprint density at radius 1 is 1.56 bits per heavy atom. The Morgan fingerprint density at radius 2 is 2.25 bits per heavy atom. The van der Waals surface area contributed by atoms with Crippen LogP contribution in [0.4, 0.5) is 5.69 Å². The summed E-state index contributed by atoms with van der Waals surface area (Å²) in [5, 5.41) is 3.44. The number of nitrogens with one attached hydrogen (secondary N) is 1. The van der Waals surface area contributed by atoms with Crippen molar-refractivity contribution in [1.29, 1.82) is 0 Å². The second kappa shape index (κ2) is 5.25. The molecule has 1 aromatic heterocycles. The number of hydrogen-bond acceptors (Lipinski definition) is 3. The van der Waals surface area contributed by atoms with Crippen molar-refractivity contribution in [3.63, 3.8) is 0 Å². The summed E-state index contributed by atoms with van der Waals surface area (Å²) in [6.45, 7) is 6.49. The second-order valence-electron chi connectivity index (χ2n) is 4.52. The maximum atomic E-state index is 5.64. The molecule has 1 heterocycles. The predicted molar refractivity (Wildman–Crippen MR) is 72.7 cm³/mol. The molecule has 0 radical (unpaired) electrons. The molecular formula is C12H19N3S. The van der Waals surface area contributed by atoms with E-state index >= 15 is 0 Å². The van der Waals surface area contributed by atoms with Crippen LogP contribution < -0.4 is 11.1 Å². The number of pyridine rings is 1. The monoisotopic (exact) mass is 237 g/mol. The van der Waals surface area contributed by atoms with Crippen LogP contribution in [0.5, 0.6) is 0 Å². The number of anilines is 1. The molecule has 0 bridgehead atoms. The van der Waals surface area contributed by atoms with Gasteiger partial charge >= 0.3 is 0 Å². The average molecular weight is 237 g/mol. The van der Waals surface area contributed by atoms with E-state index in [9.17, 15) is 0 Å². The van der Waals surface area contributed by atoms with Gasteiger partial charge < -0.3 is 11.1 Å². The van der Waals surface area contributed by atoms with Crippen molar-refractivity contribution < 1.29 is 0 Å². The standard InChI is InChI=1S/C12H19N3S/c1-4-7-12(2,3)15-9-6-5-8-14-10(9)11(13)16/h5-6,8,15H,4,7H2,1-3H3,(H2,13,16). The van der Waals surface area contributed by atoms with Gasteiger partial charge in [0.2, 0.25) is 0 Å². The summed E-state index contributed by atoms with van der Waals surface area (Å²) in [7, 11) is 0. The fourth-order valence-corrected chi connectivity index (χ4v) is 1.92. The van der Waals surface area contributed by atoms with Crippen LogP contribution in [0.25, 0.3) is 0 Å². The van der Waals surface area contributed by atoms with E-state index < -0.39 is 0 Å². The molecule has 16 heavy (non-hydrogen) atoms. The van der Waals surface area contributed by atoms with Crippen LogP contribution in [0.2, 0.25) is 0 Å². The van der Waals surface area contributed by atoms with Gasteiger partial charge in [-0.1, -0.05) is 25.6 Å². The van der Waals surface area contributed by atoms with Crippen molar-refractivity contribution in [2.75, 3.05) is 5.32 Å². The molecule has 88 valence electrons. The summed E-state index contributed by atoms with van der Waals surface area (Å²) in [5.74, 6) is 0. The Kier molecular flexibility index (Phi) is 4.24. The molecule has 0 atom stereocenters. The Labute approximate surface area is 102 Å². The SMILES string of the molecule is CCCC(C)(C)Nc1cccnc1C(N)=S. The van der Waals surface area contributed by atoms with Crippen LogP contribution in [0.3, 0.4) is 0 Å². The largest absolute Gasteiger partial charge is 0.388 e. The van der Waals surface area contributed by atoms with Gasteiger partial charge in [0.15, 0.2) is 0 Å². The normalized spacial score (nSPS) is 11.2. The summed E-state index contributed by atoms with van der Waals surface area (Å²) in [4.78, 5) is 4.52. The summed E-state index contributed by atoms with van der Waals surface area (Å²) in [6.07, 6.45) is 3.91. The van der Waals surface area contributed by atoms with Crippen LogP contribution in [-0.4, -0.2) is 15.5 Å². The van der Waals surface area contributed by atoms with Gasteiger partial charge in [-0.2, -0.15) is 0 Å². The van der Waals surface area contributed by atoms with Crippen LogP contribution in [-0.2, 0) is 0 Å². The van der Waals surface area contributed by atoms with Gasteiger partial charge in [0.05, 0.1) is 5.69 Å². The van der Waals surface area contributed by atoms with Crippen LogP contribution in [0, 0.1) is 0 Å². The number of nitrogens with two attached hydrogens (primary N) is 1. The fourth-order valence-electron chi connectivity index (χ4n) is 1.75. The first-order valence-corrected chi connectivity index (χ1v) is 5.90. The van der Waals surface area contributed by atoms with Crippen LogP contribution in [0.1, 0.15) is 39.3 Å². The fraction of sp³-hybridized carbons (Fsp3) is 0.500. The molecule has 0 fully saturated rings. The second-order valence-corrected chi connectivity index (χ2v) is 4.96. The van der Waals surface area contributed by atoms with Gasteiger partial charge in [0.1, 0.15) is 10.7 Å². The highest BCUT2D eigenvalue weighted by atomic mass is 32.1. The molecule has 1 aromatic rings. The van der Waals surface area contributed by atoms with E-state index in [0.29, 0.717) is 10.7 Å². The Bertz CT molecular complexity index is 374. The Morgan fingerprint density at radius 3 is 2.81 bits per heavy atom. The molecule has 0 unspecified atom stereocenters. The van der Waals surface area contributed by atoms with E-state index in [1.54, 1.807) is 6.20 Å². The zero-order valence-corrected chi connectivity index (χ0v) is 10.9. The van der Waals surface area contributed by atoms with Crippen molar-refractivity contribution >= 4 is 22.9 Å². The first-order valence-electron chi connectivity index (χ1n) is 5.49. The molecule has 0 aromatic carbocycles. The third-order valence-corrected chi connectivity index (χ3v) is 2.58. The lowest BCUT2D eigenvalue weighted by atomic mass is 9.98. The summed E-state index contributed by atoms with van der Waals surface area (Å²) < 4.78 is 0. The first-order chi connectivity index (χ1) is 7.46. The molecule has 0 aliphatic carbocycles. The topological polar surface area (TPSA) is 50.9 Å². The van der Waals surface area contributed by atoms with Crippen LogP contribution >= 0.6 is 12.2 Å². The van der Waals surface area contributed by atoms with Gasteiger partial charge in [-0.25, -0.2) is 0 Å². The molecule has 0 aliphatic heterocycles. The lowest BCUT2D eigenvalue weighted by Crippen LogP contribution is -2.32. The Balaban J connectivity index is 2.92. The minimum Gasteiger partial charge on any atom is -0.388 e. The maximum Gasteiger partial charge on any atom is 0.124 e. The highest BCUT2D eigenvalue weighted by Crippen LogP contribution is 2.21. The summed E-state index contributed by atoms with van der Waals surface area (Å²) >= 11 is 4.98. The van der Waals surface area contributed by atoms with Gasteiger partial charge in [0.25, 0.3) is 0 Å². The quantitative estimate of drug-likeness (QED) is 0.773. The zero-order chi connectivity index (χ0) is 12.2. The number of rotatable bonds is 5. The lowest BCUT2D eigenvalue weighted by molar-refractivity contribution is 0.510. The van der Waals surface area contributed by atoms with E-state index in [2.05, 4.69) is 31.1 Å². The summed E-state index contributed by atoms with van der Waals surface area (Å²) in [6, 6.07) is 3.84. The lowest BCUT2D eigenvalue weighted by Gasteiger charge is -2.28. The van der Waals surface area contributed by atoms with E-state index in [-0.39, 0.29) is 5.54 Å².